The van der Waals surface area contributed by atoms with Crippen LogP contribution in [0, 0.1) is 17.8 Å². The molecule has 5 fully saturated rings. The van der Waals surface area contributed by atoms with E-state index in [2.05, 4.69) is 28.1 Å². The number of fused-ring (bicyclic) bond motifs is 1. The molecule has 2 aliphatic carbocycles. The molecule has 2 saturated carbocycles. The highest BCUT2D eigenvalue weighted by Gasteiger charge is 2.51. The van der Waals surface area contributed by atoms with Crippen molar-refractivity contribution in [2.24, 2.45) is 17.8 Å². The fourth-order valence-electron chi connectivity index (χ4n) is 7.84. The van der Waals surface area contributed by atoms with E-state index in [0.29, 0.717) is 12.3 Å². The Morgan fingerprint density at radius 2 is 1.67 bits per heavy atom. The first-order valence-corrected chi connectivity index (χ1v) is 18.1. The van der Waals surface area contributed by atoms with Gasteiger partial charge in [0.1, 0.15) is 0 Å². The van der Waals surface area contributed by atoms with Gasteiger partial charge in [0, 0.05) is 36.8 Å². The molecule has 240 valence electrons. The normalized spacial score (nSPS) is 35.7. The van der Waals surface area contributed by atoms with Crippen LogP contribution in [0.15, 0.2) is 12.2 Å². The quantitative estimate of drug-likeness (QED) is 0.108. The molecule has 3 heterocycles. The molecular weight excluding hydrogens is 600 g/mol. The van der Waals surface area contributed by atoms with Crippen molar-refractivity contribution in [1.82, 2.24) is 0 Å². The second-order valence-electron chi connectivity index (χ2n) is 13.3. The minimum absolute atomic E-state index is 0.0704. The van der Waals surface area contributed by atoms with Crippen LogP contribution in [0.2, 0.25) is 0 Å². The molecule has 42 heavy (non-hydrogen) atoms. The molecule has 0 aromatic carbocycles. The van der Waals surface area contributed by atoms with E-state index < -0.39 is 0 Å². The van der Waals surface area contributed by atoms with Gasteiger partial charge in [-0.1, -0.05) is 60.2 Å². The predicted octanol–water partition coefficient (Wildman–Crippen LogP) is 7.63. The van der Waals surface area contributed by atoms with Gasteiger partial charge in [-0.05, 0) is 82.5 Å². The zero-order valence-corrected chi connectivity index (χ0v) is 27.4. The van der Waals surface area contributed by atoms with Crippen LogP contribution in [0.1, 0.15) is 116 Å². The van der Waals surface area contributed by atoms with Crippen LogP contribution in [0.3, 0.4) is 0 Å². The van der Waals surface area contributed by atoms with E-state index in [0.717, 1.165) is 76.9 Å². The summed E-state index contributed by atoms with van der Waals surface area (Å²) in [4.78, 5) is 11.8. The monoisotopic (exact) mass is 654 g/mol. The minimum Gasteiger partial charge on any atom is -0.469 e. The molecular formula is C34H55BrO7. The van der Waals surface area contributed by atoms with E-state index >= 15 is 0 Å². The Labute approximate surface area is 262 Å². The number of rotatable bonds is 14. The second kappa shape index (κ2) is 17.3. The Bertz CT molecular complexity index is 821. The first kappa shape index (κ1) is 32.9. The zero-order chi connectivity index (χ0) is 29.1. The van der Waals surface area contributed by atoms with Crippen LogP contribution in [-0.2, 0) is 33.2 Å². The maximum absolute atomic E-state index is 11.6. The lowest BCUT2D eigenvalue weighted by atomic mass is 9.85. The highest BCUT2D eigenvalue weighted by Crippen LogP contribution is 2.48. The Kier molecular flexibility index (Phi) is 13.5. The molecule has 5 aliphatic rings. The molecule has 7 nitrogen and oxygen atoms in total. The third-order valence-electron chi connectivity index (χ3n) is 10.3. The lowest BCUT2D eigenvalue weighted by Crippen LogP contribution is -2.32. The number of hydrogen-bond donors (Lipinski definition) is 0. The molecule has 5 rings (SSSR count). The zero-order valence-electron chi connectivity index (χ0n) is 25.8. The summed E-state index contributed by atoms with van der Waals surface area (Å²) >= 11 is 3.90. The smallest absolute Gasteiger partial charge is 0.305 e. The van der Waals surface area contributed by atoms with Gasteiger partial charge in [-0.25, -0.2) is 0 Å². The topological polar surface area (TPSA) is 72.5 Å². The van der Waals surface area contributed by atoms with Crippen molar-refractivity contribution in [3.63, 3.8) is 0 Å². The van der Waals surface area contributed by atoms with Gasteiger partial charge in [0.15, 0.2) is 12.6 Å². The fourth-order valence-corrected chi connectivity index (χ4v) is 8.50. The summed E-state index contributed by atoms with van der Waals surface area (Å²) < 4.78 is 36.8. The molecule has 0 N–H and O–H groups in total. The van der Waals surface area contributed by atoms with Crippen molar-refractivity contribution in [3.05, 3.63) is 12.2 Å². The average Bonchev–Trinajstić information content (AvgIpc) is 3.58. The summed E-state index contributed by atoms with van der Waals surface area (Å²) in [5, 5.41) is 0. The number of carbonyl (C=O) groups is 1. The lowest BCUT2D eigenvalue weighted by Gasteiger charge is -2.30. The Morgan fingerprint density at radius 1 is 0.929 bits per heavy atom. The molecule has 0 radical (unpaired) electrons. The van der Waals surface area contributed by atoms with Crippen molar-refractivity contribution < 1.29 is 33.2 Å². The van der Waals surface area contributed by atoms with Gasteiger partial charge in [-0.15, -0.1) is 0 Å². The number of halogens is 1. The van der Waals surface area contributed by atoms with Gasteiger partial charge >= 0.3 is 5.97 Å². The van der Waals surface area contributed by atoms with Crippen LogP contribution in [0.25, 0.3) is 0 Å². The second-order valence-corrected chi connectivity index (χ2v) is 14.5. The molecule has 0 bridgehead atoms. The van der Waals surface area contributed by atoms with E-state index in [4.69, 9.17) is 28.4 Å². The van der Waals surface area contributed by atoms with E-state index in [9.17, 15) is 4.79 Å². The van der Waals surface area contributed by atoms with Crippen molar-refractivity contribution >= 4 is 21.9 Å². The van der Waals surface area contributed by atoms with Crippen LogP contribution in [-0.4, -0.2) is 68.1 Å². The number of alkyl halides is 1. The summed E-state index contributed by atoms with van der Waals surface area (Å²) in [5.41, 5.74) is 0. The van der Waals surface area contributed by atoms with Gasteiger partial charge in [0.05, 0.1) is 31.5 Å². The van der Waals surface area contributed by atoms with Crippen LogP contribution in [0.5, 0.6) is 0 Å². The number of hydrogen-bond acceptors (Lipinski definition) is 7. The Hall–Kier alpha value is -0.510. The highest BCUT2D eigenvalue weighted by atomic mass is 79.9. The van der Waals surface area contributed by atoms with Crippen molar-refractivity contribution in [3.8, 4) is 0 Å². The maximum Gasteiger partial charge on any atom is 0.305 e. The molecule has 0 aromatic rings. The summed E-state index contributed by atoms with van der Waals surface area (Å²) in [5.74, 6) is 1.37. The molecule has 4 unspecified atom stereocenters. The minimum atomic E-state index is -0.145. The first-order valence-electron chi connectivity index (χ1n) is 17.2. The van der Waals surface area contributed by atoms with Gasteiger partial charge in [0.25, 0.3) is 0 Å². The maximum atomic E-state index is 11.6. The van der Waals surface area contributed by atoms with Crippen LogP contribution in [0.4, 0.5) is 0 Å². The Balaban J connectivity index is 1.24. The predicted molar refractivity (Wildman–Crippen MR) is 165 cm³/mol. The van der Waals surface area contributed by atoms with Crippen molar-refractivity contribution in [1.29, 1.82) is 0 Å². The number of carbonyl (C=O) groups excluding carboxylic acids is 1. The highest BCUT2D eigenvalue weighted by molar-refractivity contribution is 9.09. The van der Waals surface area contributed by atoms with Gasteiger partial charge < -0.3 is 28.4 Å². The third kappa shape index (κ3) is 9.74. The average molecular weight is 656 g/mol. The van der Waals surface area contributed by atoms with Gasteiger partial charge in [-0.3, -0.25) is 4.79 Å². The van der Waals surface area contributed by atoms with E-state index in [1.54, 1.807) is 0 Å². The van der Waals surface area contributed by atoms with E-state index in [1.165, 1.54) is 58.5 Å². The molecule has 8 heteroatoms. The summed E-state index contributed by atoms with van der Waals surface area (Å²) in [7, 11) is 1.45. The summed E-state index contributed by atoms with van der Waals surface area (Å²) in [6.45, 7) is 1.60. The standard InChI is InChI=1S/C34H55BrO7/c1-37-32(36)13-9-12-28(35)31-22-27-26(29(23-30(27)41-31)42-34-15-6-8-21-39-34)19-18-25(40-33-14-5-7-20-38-33)17-16-24-10-3-2-4-11-24/h18-19,24-31,33-34H,2-17,20-23H2,1H3/t25-,26+,27+,28?,29+,30+,31?,33?,34?/m0/s1. The molecule has 0 aromatic heterocycles. The fraction of sp³-hybridized carbons (Fsp3) is 0.912. The molecule has 3 saturated heterocycles. The molecule has 3 aliphatic heterocycles. The van der Waals surface area contributed by atoms with Crippen molar-refractivity contribution in [2.75, 3.05) is 20.3 Å². The Morgan fingerprint density at radius 3 is 2.38 bits per heavy atom. The van der Waals surface area contributed by atoms with Crippen molar-refractivity contribution in [2.45, 2.75) is 157 Å². The third-order valence-corrected chi connectivity index (χ3v) is 11.3. The SMILES string of the molecule is COC(=O)CCCC(Br)C1C[C@@H]2[C@@H](C=C[C@H](CCC3CCCCC3)OC3CCCCO3)[C@H](OC3CCCCO3)C[C@H]2O1. The van der Waals surface area contributed by atoms with Crippen LogP contribution < -0.4 is 0 Å². The lowest BCUT2D eigenvalue weighted by molar-refractivity contribution is -0.194. The van der Waals surface area contributed by atoms with E-state index in [1.807, 2.05) is 0 Å². The number of methoxy groups -OCH3 is 1. The van der Waals surface area contributed by atoms with E-state index in [-0.39, 0.29) is 53.7 Å². The number of esters is 1. The first-order chi connectivity index (χ1) is 20.6. The largest absolute Gasteiger partial charge is 0.469 e. The molecule has 0 amide bonds. The number of ether oxygens (including phenoxy) is 6. The van der Waals surface area contributed by atoms with Gasteiger partial charge in [0.2, 0.25) is 0 Å². The molecule has 9 atom stereocenters. The summed E-state index contributed by atoms with van der Waals surface area (Å²) in [6.07, 6.45) is 24.9. The summed E-state index contributed by atoms with van der Waals surface area (Å²) in [6, 6.07) is 0. The van der Waals surface area contributed by atoms with Gasteiger partial charge in [-0.2, -0.15) is 0 Å². The van der Waals surface area contributed by atoms with Crippen LogP contribution >= 0.6 is 15.9 Å². The molecule has 0 spiro atoms.